The van der Waals surface area contributed by atoms with Gasteiger partial charge in [-0.05, 0) is 34.6 Å². The molecule has 0 nitrogen and oxygen atoms in total. The van der Waals surface area contributed by atoms with Crippen molar-refractivity contribution in [3.8, 4) is 0 Å². The summed E-state index contributed by atoms with van der Waals surface area (Å²) >= 11 is 12.1. The van der Waals surface area contributed by atoms with E-state index in [1.807, 2.05) is 6.07 Å². The summed E-state index contributed by atoms with van der Waals surface area (Å²) in [5.74, 6) is 1.49. The fourth-order valence-corrected chi connectivity index (χ4v) is 2.38. The van der Waals surface area contributed by atoms with E-state index in [0.717, 1.165) is 10.6 Å². The van der Waals surface area contributed by atoms with Crippen LogP contribution < -0.4 is 0 Å². The third-order valence-electron chi connectivity index (χ3n) is 2.65. The van der Waals surface area contributed by atoms with Gasteiger partial charge in [0.15, 0.2) is 0 Å². The molecule has 0 aliphatic carbocycles. The van der Waals surface area contributed by atoms with Crippen LogP contribution >= 0.6 is 23.2 Å². The lowest BCUT2D eigenvalue weighted by molar-refractivity contribution is 0.825. The van der Waals surface area contributed by atoms with E-state index in [0.29, 0.717) is 17.7 Å². The minimum absolute atomic E-state index is 0.458. The smallest absolute Gasteiger partial charge is 0.0477 e. The van der Waals surface area contributed by atoms with E-state index in [9.17, 15) is 0 Å². The first-order valence-corrected chi connectivity index (χ1v) is 6.26. The van der Waals surface area contributed by atoms with E-state index in [1.165, 1.54) is 11.1 Å². The lowest BCUT2D eigenvalue weighted by Crippen LogP contribution is -1.99. The summed E-state index contributed by atoms with van der Waals surface area (Å²) in [4.78, 5) is 0. The SMILES string of the molecule is CC(C)c1cc(C(C)C)c(CCl)cc1Cl. The van der Waals surface area contributed by atoms with Crippen LogP contribution in [0, 0.1) is 0 Å². The second-order valence-electron chi connectivity index (χ2n) is 4.52. The molecule has 1 rings (SSSR count). The van der Waals surface area contributed by atoms with Gasteiger partial charge in [-0.2, -0.15) is 0 Å². The van der Waals surface area contributed by atoms with Gasteiger partial charge in [-0.1, -0.05) is 45.4 Å². The third-order valence-corrected chi connectivity index (χ3v) is 3.26. The van der Waals surface area contributed by atoms with Crippen LogP contribution in [-0.2, 0) is 5.88 Å². The molecule has 2 heteroatoms. The summed E-state index contributed by atoms with van der Waals surface area (Å²) in [7, 11) is 0. The Balaban J connectivity index is 3.30. The fourth-order valence-electron chi connectivity index (χ4n) is 1.74. The minimum atomic E-state index is 0.458. The van der Waals surface area contributed by atoms with Gasteiger partial charge in [0.25, 0.3) is 0 Å². The van der Waals surface area contributed by atoms with Crippen molar-refractivity contribution >= 4 is 23.2 Å². The number of halogens is 2. The molecule has 0 unspecified atom stereocenters. The van der Waals surface area contributed by atoms with Crippen molar-refractivity contribution in [1.82, 2.24) is 0 Å². The molecule has 0 amide bonds. The number of hydrogen-bond donors (Lipinski definition) is 0. The van der Waals surface area contributed by atoms with Gasteiger partial charge in [0.1, 0.15) is 0 Å². The Kier molecular flexibility index (Phi) is 4.48. The van der Waals surface area contributed by atoms with Crippen LogP contribution in [0.4, 0.5) is 0 Å². The zero-order valence-electron chi connectivity index (χ0n) is 9.77. The van der Waals surface area contributed by atoms with E-state index < -0.39 is 0 Å². The van der Waals surface area contributed by atoms with Crippen molar-refractivity contribution in [2.45, 2.75) is 45.4 Å². The van der Waals surface area contributed by atoms with Gasteiger partial charge < -0.3 is 0 Å². The predicted octanol–water partition coefficient (Wildman–Crippen LogP) is 5.33. The molecule has 15 heavy (non-hydrogen) atoms. The highest BCUT2D eigenvalue weighted by atomic mass is 35.5. The first-order chi connectivity index (χ1) is 6.97. The molecule has 0 aliphatic rings. The van der Waals surface area contributed by atoms with Crippen molar-refractivity contribution in [2.24, 2.45) is 0 Å². The normalized spacial score (nSPS) is 11.5. The molecule has 0 aromatic heterocycles. The fraction of sp³-hybridized carbons (Fsp3) is 0.538. The molecule has 0 radical (unpaired) electrons. The second-order valence-corrected chi connectivity index (χ2v) is 5.19. The number of benzene rings is 1. The molecule has 0 heterocycles. The maximum absolute atomic E-state index is 6.22. The van der Waals surface area contributed by atoms with Crippen LogP contribution in [0.1, 0.15) is 56.2 Å². The molecular formula is C13H18Cl2. The van der Waals surface area contributed by atoms with Gasteiger partial charge in [-0.3, -0.25) is 0 Å². The minimum Gasteiger partial charge on any atom is -0.122 e. The van der Waals surface area contributed by atoms with Crippen molar-refractivity contribution in [1.29, 1.82) is 0 Å². The van der Waals surface area contributed by atoms with Gasteiger partial charge in [0.2, 0.25) is 0 Å². The highest BCUT2D eigenvalue weighted by Gasteiger charge is 2.12. The molecule has 1 aromatic rings. The first-order valence-electron chi connectivity index (χ1n) is 5.35. The highest BCUT2D eigenvalue weighted by molar-refractivity contribution is 6.31. The van der Waals surface area contributed by atoms with E-state index >= 15 is 0 Å². The van der Waals surface area contributed by atoms with Crippen LogP contribution in [0.15, 0.2) is 12.1 Å². The molecule has 0 fully saturated rings. The monoisotopic (exact) mass is 244 g/mol. The Hall–Kier alpha value is -0.200. The van der Waals surface area contributed by atoms with Crippen LogP contribution in [0.25, 0.3) is 0 Å². The van der Waals surface area contributed by atoms with Crippen LogP contribution in [0.2, 0.25) is 5.02 Å². The molecule has 0 saturated carbocycles. The van der Waals surface area contributed by atoms with Crippen molar-refractivity contribution in [3.63, 3.8) is 0 Å². The highest BCUT2D eigenvalue weighted by Crippen LogP contribution is 2.31. The van der Waals surface area contributed by atoms with E-state index in [2.05, 4.69) is 33.8 Å². The molecule has 0 aliphatic heterocycles. The van der Waals surface area contributed by atoms with Gasteiger partial charge in [-0.15, -0.1) is 11.6 Å². The van der Waals surface area contributed by atoms with Gasteiger partial charge in [0, 0.05) is 10.9 Å². The third kappa shape index (κ3) is 2.89. The lowest BCUT2D eigenvalue weighted by atomic mass is 9.92. The Morgan fingerprint density at radius 3 is 1.93 bits per heavy atom. The van der Waals surface area contributed by atoms with Crippen molar-refractivity contribution in [2.75, 3.05) is 0 Å². The Morgan fingerprint density at radius 2 is 1.53 bits per heavy atom. The summed E-state index contributed by atoms with van der Waals surface area (Å²) in [6.45, 7) is 8.68. The first kappa shape index (κ1) is 12.9. The number of hydrogen-bond acceptors (Lipinski definition) is 0. The van der Waals surface area contributed by atoms with Gasteiger partial charge >= 0.3 is 0 Å². The summed E-state index contributed by atoms with van der Waals surface area (Å²) in [5.41, 5.74) is 3.69. The van der Waals surface area contributed by atoms with Crippen LogP contribution in [0.3, 0.4) is 0 Å². The average molecular weight is 245 g/mol. The Morgan fingerprint density at radius 1 is 1.00 bits per heavy atom. The topological polar surface area (TPSA) is 0 Å². The van der Waals surface area contributed by atoms with Crippen molar-refractivity contribution < 1.29 is 0 Å². The van der Waals surface area contributed by atoms with E-state index in [1.54, 1.807) is 0 Å². The largest absolute Gasteiger partial charge is 0.122 e. The summed E-state index contributed by atoms with van der Waals surface area (Å²) in [6.07, 6.45) is 0. The van der Waals surface area contributed by atoms with Crippen molar-refractivity contribution in [3.05, 3.63) is 33.8 Å². The Labute approximate surface area is 103 Å². The molecule has 0 atom stereocenters. The number of alkyl halides is 1. The van der Waals surface area contributed by atoms with E-state index in [-0.39, 0.29) is 0 Å². The molecule has 84 valence electrons. The lowest BCUT2D eigenvalue weighted by Gasteiger charge is -2.16. The zero-order valence-corrected chi connectivity index (χ0v) is 11.3. The van der Waals surface area contributed by atoms with Gasteiger partial charge in [-0.25, -0.2) is 0 Å². The average Bonchev–Trinajstić information content (AvgIpc) is 2.16. The predicted molar refractivity (Wildman–Crippen MR) is 69.2 cm³/mol. The van der Waals surface area contributed by atoms with Gasteiger partial charge in [0.05, 0.1) is 0 Å². The zero-order chi connectivity index (χ0) is 11.6. The summed E-state index contributed by atoms with van der Waals surface area (Å²) in [6, 6.07) is 4.22. The molecule has 0 bridgehead atoms. The molecule has 1 aromatic carbocycles. The Bertz CT molecular complexity index is 341. The molecule has 0 spiro atoms. The summed E-state index contributed by atoms with van der Waals surface area (Å²) < 4.78 is 0. The second kappa shape index (κ2) is 5.23. The maximum Gasteiger partial charge on any atom is 0.0477 e. The maximum atomic E-state index is 6.22. The summed E-state index contributed by atoms with van der Waals surface area (Å²) in [5, 5.41) is 0.838. The van der Waals surface area contributed by atoms with E-state index in [4.69, 9.17) is 23.2 Å². The quantitative estimate of drug-likeness (QED) is 0.631. The molecular weight excluding hydrogens is 227 g/mol. The molecule has 0 N–H and O–H groups in total. The molecule has 0 saturated heterocycles. The number of rotatable bonds is 3. The standard InChI is InChI=1S/C13H18Cl2/c1-8(2)11-6-12(9(3)4)13(15)5-10(11)7-14/h5-6,8-9H,7H2,1-4H3. The van der Waals surface area contributed by atoms with Crippen LogP contribution in [0.5, 0.6) is 0 Å². The van der Waals surface area contributed by atoms with Crippen LogP contribution in [-0.4, -0.2) is 0 Å².